The van der Waals surface area contributed by atoms with Gasteiger partial charge in [-0.1, -0.05) is 48.6 Å². The van der Waals surface area contributed by atoms with Crippen LogP contribution in [0.2, 0.25) is 0 Å². The zero-order valence-electron chi connectivity index (χ0n) is 14.8. The molecule has 6 rings (SSSR count). The number of phenols is 1. The highest BCUT2D eigenvalue weighted by Crippen LogP contribution is 2.83. The second-order valence-electron chi connectivity index (χ2n) is 8.11. The molecule has 0 saturated heterocycles. The van der Waals surface area contributed by atoms with E-state index < -0.39 is 0 Å². The first-order chi connectivity index (χ1) is 12.6. The Morgan fingerprint density at radius 3 is 2.85 bits per heavy atom. The number of phenolic OH excluding ortho intramolecular Hbond substituents is 1. The van der Waals surface area contributed by atoms with E-state index in [2.05, 4.69) is 43.5 Å². The molecule has 0 aromatic heterocycles. The lowest BCUT2D eigenvalue weighted by atomic mass is 9.77. The van der Waals surface area contributed by atoms with Gasteiger partial charge in [-0.2, -0.15) is 0 Å². The zero-order valence-corrected chi connectivity index (χ0v) is 14.8. The Balaban J connectivity index is 1.73. The van der Waals surface area contributed by atoms with Crippen molar-refractivity contribution in [2.45, 2.75) is 13.3 Å². The van der Waals surface area contributed by atoms with Gasteiger partial charge in [-0.3, -0.25) is 0 Å². The summed E-state index contributed by atoms with van der Waals surface area (Å²) >= 11 is 0. The van der Waals surface area contributed by atoms with Gasteiger partial charge in [-0.05, 0) is 47.6 Å². The van der Waals surface area contributed by atoms with E-state index in [9.17, 15) is 5.11 Å². The molecule has 4 unspecified atom stereocenters. The number of rotatable bonds is 2. The number of para-hydroxylation sites is 1. The Bertz CT molecular complexity index is 1170. The molecule has 2 fully saturated rings. The molecule has 26 heavy (non-hydrogen) atoms. The van der Waals surface area contributed by atoms with Gasteiger partial charge in [0, 0.05) is 22.1 Å². The molecule has 1 heterocycles. The summed E-state index contributed by atoms with van der Waals surface area (Å²) in [4.78, 5) is 0. The number of allylic oxidation sites excluding steroid dienone is 3. The number of ether oxygens (including phenoxy) is 1. The summed E-state index contributed by atoms with van der Waals surface area (Å²) in [6.45, 7) is 10.2. The first-order valence-corrected chi connectivity index (χ1v) is 9.26. The van der Waals surface area contributed by atoms with Crippen LogP contribution >= 0.6 is 0 Å². The van der Waals surface area contributed by atoms with Gasteiger partial charge in [0.1, 0.15) is 5.75 Å². The van der Waals surface area contributed by atoms with Crippen molar-refractivity contribution in [1.82, 2.24) is 0 Å². The average molecular weight is 340 g/mol. The van der Waals surface area contributed by atoms with Crippen molar-refractivity contribution in [3.63, 3.8) is 0 Å². The predicted octanol–water partition coefficient (Wildman–Crippen LogP) is 3.79. The summed E-state index contributed by atoms with van der Waals surface area (Å²) in [5, 5.41) is 12.6. The summed E-state index contributed by atoms with van der Waals surface area (Å²) in [6.07, 6.45) is 5.70. The molecule has 2 nitrogen and oxygen atoms in total. The summed E-state index contributed by atoms with van der Waals surface area (Å²) in [6, 6.07) is 9.93. The van der Waals surface area contributed by atoms with Crippen LogP contribution in [0.3, 0.4) is 0 Å². The quantitative estimate of drug-likeness (QED) is 0.843. The van der Waals surface area contributed by atoms with Gasteiger partial charge in [-0.25, -0.2) is 0 Å². The van der Waals surface area contributed by atoms with E-state index in [4.69, 9.17) is 4.74 Å². The molecule has 1 N–H and O–H groups in total. The molecule has 0 amide bonds. The Kier molecular flexibility index (Phi) is 2.40. The number of aromatic hydroxyl groups is 1. The molecule has 4 aliphatic rings. The van der Waals surface area contributed by atoms with Crippen LogP contribution in [0.4, 0.5) is 0 Å². The first-order valence-electron chi connectivity index (χ1n) is 9.26. The molecular weight excluding hydrogens is 320 g/mol. The second kappa shape index (κ2) is 4.32. The second-order valence-corrected chi connectivity index (χ2v) is 8.11. The largest absolute Gasteiger partial charge is 0.504 e. The van der Waals surface area contributed by atoms with Gasteiger partial charge in [0.05, 0.1) is 0 Å². The Hall–Kier alpha value is -2.74. The van der Waals surface area contributed by atoms with Crippen LogP contribution in [0.15, 0.2) is 54.6 Å². The van der Waals surface area contributed by atoms with Crippen LogP contribution < -0.4 is 15.2 Å². The van der Waals surface area contributed by atoms with E-state index in [-0.39, 0.29) is 11.2 Å². The molecule has 2 aromatic carbocycles. The normalized spacial score (nSPS) is 31.8. The maximum Gasteiger partial charge on any atom is 0.176 e. The van der Waals surface area contributed by atoms with Crippen molar-refractivity contribution >= 4 is 12.2 Å². The summed E-state index contributed by atoms with van der Waals surface area (Å²) in [7, 11) is 0. The van der Waals surface area contributed by atoms with E-state index >= 15 is 0 Å². The predicted molar refractivity (Wildman–Crippen MR) is 102 cm³/mol. The maximum atomic E-state index is 10.5. The van der Waals surface area contributed by atoms with Crippen molar-refractivity contribution in [3.05, 3.63) is 76.2 Å². The number of benzene rings is 2. The van der Waals surface area contributed by atoms with Gasteiger partial charge in [0.2, 0.25) is 0 Å². The molecule has 0 radical (unpaired) electrons. The molecule has 1 aliphatic heterocycles. The summed E-state index contributed by atoms with van der Waals surface area (Å²) in [5.41, 5.74) is 5.08. The minimum absolute atomic E-state index is 0.0969. The summed E-state index contributed by atoms with van der Waals surface area (Å²) < 4.78 is 6.22. The Labute approximate surface area is 152 Å². The van der Waals surface area contributed by atoms with Crippen LogP contribution in [0, 0.1) is 30.1 Å². The minimum atomic E-state index is 0.0969. The SMILES string of the molecule is C=CC1CC2(C3=c4ccc(=C)c(C)c4Oc4c(O)cccc43)C3=CC1C32. The highest BCUT2D eigenvalue weighted by molar-refractivity contribution is 5.88. The lowest BCUT2D eigenvalue weighted by Crippen LogP contribution is -2.26. The third kappa shape index (κ3) is 1.39. The van der Waals surface area contributed by atoms with Crippen LogP contribution in [0.5, 0.6) is 17.2 Å². The van der Waals surface area contributed by atoms with Gasteiger partial charge >= 0.3 is 0 Å². The van der Waals surface area contributed by atoms with Crippen molar-refractivity contribution in [1.29, 1.82) is 0 Å². The number of hydrogen-bond donors (Lipinski definition) is 1. The molecular formula is C24H20O2. The smallest absolute Gasteiger partial charge is 0.176 e. The standard InChI is InChI=1S/C24H20O2/c1-4-14-11-24(18-10-17(14)21(18)24)20-15-6-5-7-19(25)23(15)26-22-13(3)12(2)8-9-16(20)22/h4-10,14,17,21,25H,1-2,11H2,3H3. The van der Waals surface area contributed by atoms with Crippen molar-refractivity contribution < 1.29 is 9.84 Å². The van der Waals surface area contributed by atoms with Gasteiger partial charge in [-0.15, -0.1) is 6.58 Å². The van der Waals surface area contributed by atoms with Crippen LogP contribution in [-0.4, -0.2) is 5.11 Å². The third-order valence-electron chi connectivity index (χ3n) is 7.11. The van der Waals surface area contributed by atoms with E-state index in [0.29, 0.717) is 23.5 Å². The van der Waals surface area contributed by atoms with E-state index in [0.717, 1.165) is 33.7 Å². The molecule has 2 aromatic rings. The van der Waals surface area contributed by atoms with Crippen molar-refractivity contribution in [2.75, 3.05) is 0 Å². The molecule has 4 atom stereocenters. The third-order valence-corrected chi connectivity index (χ3v) is 7.11. The fourth-order valence-corrected chi connectivity index (χ4v) is 5.78. The molecule has 3 aliphatic carbocycles. The van der Waals surface area contributed by atoms with E-state index in [1.165, 1.54) is 5.57 Å². The van der Waals surface area contributed by atoms with E-state index in [1.807, 2.05) is 13.0 Å². The summed E-state index contributed by atoms with van der Waals surface area (Å²) in [5.74, 6) is 3.46. The zero-order chi connectivity index (χ0) is 17.8. The highest BCUT2D eigenvalue weighted by atomic mass is 16.5. The van der Waals surface area contributed by atoms with Crippen LogP contribution in [0.1, 0.15) is 17.5 Å². The van der Waals surface area contributed by atoms with E-state index in [1.54, 1.807) is 11.6 Å². The lowest BCUT2D eigenvalue weighted by molar-refractivity contribution is 0.402. The van der Waals surface area contributed by atoms with Gasteiger partial charge in [0.25, 0.3) is 0 Å². The van der Waals surface area contributed by atoms with Gasteiger partial charge in [0.15, 0.2) is 11.5 Å². The first kappa shape index (κ1) is 14.4. The number of hydrogen-bond acceptors (Lipinski definition) is 2. The Morgan fingerprint density at radius 1 is 1.23 bits per heavy atom. The molecule has 2 heteroatoms. The Morgan fingerprint density at radius 2 is 2.08 bits per heavy atom. The molecule has 0 spiro atoms. The van der Waals surface area contributed by atoms with Crippen LogP contribution in [0.25, 0.3) is 12.2 Å². The van der Waals surface area contributed by atoms with Gasteiger partial charge < -0.3 is 9.84 Å². The topological polar surface area (TPSA) is 29.5 Å². The average Bonchev–Trinajstić information content (AvgIpc) is 3.02. The lowest BCUT2D eigenvalue weighted by Gasteiger charge is -2.29. The van der Waals surface area contributed by atoms with Crippen LogP contribution in [-0.2, 0) is 0 Å². The molecule has 0 bridgehead atoms. The molecule has 128 valence electrons. The highest BCUT2D eigenvalue weighted by Gasteiger charge is 2.75. The minimum Gasteiger partial charge on any atom is -0.504 e. The number of fused-ring (bicyclic) bond motifs is 3. The molecule has 2 saturated carbocycles. The van der Waals surface area contributed by atoms with Crippen molar-refractivity contribution in [2.24, 2.45) is 23.2 Å². The van der Waals surface area contributed by atoms with Crippen molar-refractivity contribution in [3.8, 4) is 17.2 Å². The monoisotopic (exact) mass is 340 g/mol. The fourth-order valence-electron chi connectivity index (χ4n) is 5.78. The fraction of sp³-hybridized carbons (Fsp3) is 0.250. The maximum absolute atomic E-state index is 10.5.